The van der Waals surface area contributed by atoms with Crippen molar-refractivity contribution in [3.63, 3.8) is 0 Å². The lowest BCUT2D eigenvalue weighted by atomic mass is 10.2. The molecule has 3 N–H and O–H groups in total. The van der Waals surface area contributed by atoms with Crippen LogP contribution in [0.1, 0.15) is 47.0 Å². The van der Waals surface area contributed by atoms with Crippen LogP contribution in [-0.2, 0) is 4.79 Å². The van der Waals surface area contributed by atoms with E-state index in [9.17, 15) is 4.79 Å². The zero-order chi connectivity index (χ0) is 17.2. The van der Waals surface area contributed by atoms with Crippen LogP contribution >= 0.6 is 0 Å². The third-order valence-corrected chi connectivity index (χ3v) is 4.10. The molecule has 0 spiro atoms. The van der Waals surface area contributed by atoms with Gasteiger partial charge in [0, 0.05) is 51.2 Å². The zero-order valence-electron chi connectivity index (χ0n) is 15.5. The lowest BCUT2D eigenvalue weighted by Gasteiger charge is -2.30. The Balaban J connectivity index is 2.10. The number of guanidine groups is 1. The Labute approximate surface area is 141 Å². The molecule has 0 aromatic carbocycles. The molecule has 0 aromatic rings. The Morgan fingerprint density at radius 3 is 2.13 bits per heavy atom. The summed E-state index contributed by atoms with van der Waals surface area (Å²) in [6.45, 7) is 12.3. The van der Waals surface area contributed by atoms with Crippen molar-refractivity contribution in [2.24, 2.45) is 10.9 Å². The number of nitrogens with zero attached hydrogens (tertiary/aromatic N) is 2. The molecular weight excluding hydrogens is 290 g/mol. The quantitative estimate of drug-likeness (QED) is 0.321. The molecule has 6 heteroatoms. The van der Waals surface area contributed by atoms with Crippen molar-refractivity contribution in [2.75, 3.05) is 33.2 Å². The molecule has 1 aliphatic rings. The highest BCUT2D eigenvalue weighted by Crippen LogP contribution is 2.28. The van der Waals surface area contributed by atoms with Crippen LogP contribution in [0.3, 0.4) is 0 Å². The van der Waals surface area contributed by atoms with Gasteiger partial charge >= 0.3 is 0 Å². The van der Waals surface area contributed by atoms with Gasteiger partial charge in [-0.2, -0.15) is 0 Å². The van der Waals surface area contributed by atoms with Crippen molar-refractivity contribution in [1.29, 1.82) is 0 Å². The smallest absolute Gasteiger partial charge is 0.223 e. The molecule has 1 fully saturated rings. The molecular formula is C17H35N5O. The van der Waals surface area contributed by atoms with Crippen LogP contribution in [-0.4, -0.2) is 62.1 Å². The number of hydrogen-bond acceptors (Lipinski definition) is 3. The summed E-state index contributed by atoms with van der Waals surface area (Å²) >= 11 is 0. The summed E-state index contributed by atoms with van der Waals surface area (Å²) < 4.78 is 0. The van der Waals surface area contributed by atoms with Crippen molar-refractivity contribution in [3.8, 4) is 0 Å². The molecule has 0 saturated heterocycles. The molecule has 134 valence electrons. The molecule has 6 nitrogen and oxygen atoms in total. The van der Waals surface area contributed by atoms with Gasteiger partial charge in [-0.1, -0.05) is 0 Å². The molecule has 1 aliphatic carbocycles. The van der Waals surface area contributed by atoms with Gasteiger partial charge in [-0.25, -0.2) is 0 Å². The van der Waals surface area contributed by atoms with Crippen molar-refractivity contribution in [2.45, 2.75) is 59.0 Å². The average molecular weight is 326 g/mol. The van der Waals surface area contributed by atoms with Crippen molar-refractivity contribution >= 4 is 11.9 Å². The predicted molar refractivity (Wildman–Crippen MR) is 96.7 cm³/mol. The fourth-order valence-corrected chi connectivity index (χ4v) is 2.66. The standard InChI is InChI=1S/C17H35N5O/c1-13(2)22(14(3)4)12-6-9-20-17(18-5)21-11-10-19-16(23)15-7-8-15/h13-15H,6-12H2,1-5H3,(H,19,23)(H2,18,20,21). The largest absolute Gasteiger partial charge is 0.356 e. The summed E-state index contributed by atoms with van der Waals surface area (Å²) in [4.78, 5) is 18.2. The van der Waals surface area contributed by atoms with Crippen molar-refractivity contribution in [1.82, 2.24) is 20.9 Å². The van der Waals surface area contributed by atoms with Gasteiger partial charge in [0.1, 0.15) is 0 Å². The maximum atomic E-state index is 11.5. The minimum atomic E-state index is 0.192. The highest BCUT2D eigenvalue weighted by Gasteiger charge is 2.28. The summed E-state index contributed by atoms with van der Waals surface area (Å²) in [5.74, 6) is 1.26. The normalized spacial score (nSPS) is 15.4. The summed E-state index contributed by atoms with van der Waals surface area (Å²) in [6, 6.07) is 1.14. The Kier molecular flexibility index (Phi) is 8.99. The molecule has 0 unspecified atom stereocenters. The average Bonchev–Trinajstić information content (AvgIpc) is 3.32. The minimum absolute atomic E-state index is 0.192. The van der Waals surface area contributed by atoms with Crippen LogP contribution in [0.5, 0.6) is 0 Å². The molecule has 1 rings (SSSR count). The second kappa shape index (κ2) is 10.5. The maximum Gasteiger partial charge on any atom is 0.223 e. The highest BCUT2D eigenvalue weighted by atomic mass is 16.2. The van der Waals surface area contributed by atoms with Crippen LogP contribution in [0.4, 0.5) is 0 Å². The van der Waals surface area contributed by atoms with Crippen LogP contribution in [0.15, 0.2) is 4.99 Å². The predicted octanol–water partition coefficient (Wildman–Crippen LogP) is 1.19. The lowest BCUT2D eigenvalue weighted by Crippen LogP contribution is -2.43. The summed E-state index contributed by atoms with van der Waals surface area (Å²) in [7, 11) is 1.77. The molecule has 0 atom stereocenters. The van der Waals surface area contributed by atoms with Gasteiger partial charge in [-0.15, -0.1) is 0 Å². The van der Waals surface area contributed by atoms with Crippen molar-refractivity contribution < 1.29 is 4.79 Å². The van der Waals surface area contributed by atoms with E-state index < -0.39 is 0 Å². The fourth-order valence-electron chi connectivity index (χ4n) is 2.66. The van der Waals surface area contributed by atoms with E-state index in [1.165, 1.54) is 0 Å². The lowest BCUT2D eigenvalue weighted by molar-refractivity contribution is -0.122. The van der Waals surface area contributed by atoms with E-state index in [1.54, 1.807) is 7.05 Å². The SMILES string of the molecule is CN=C(NCCCN(C(C)C)C(C)C)NCCNC(=O)C1CC1. The molecule has 1 saturated carbocycles. The van der Waals surface area contributed by atoms with Gasteiger partial charge in [0.05, 0.1) is 0 Å². The minimum Gasteiger partial charge on any atom is -0.356 e. The highest BCUT2D eigenvalue weighted by molar-refractivity contribution is 5.81. The van der Waals surface area contributed by atoms with Gasteiger partial charge < -0.3 is 16.0 Å². The Hall–Kier alpha value is -1.30. The number of carbonyl (C=O) groups is 1. The zero-order valence-corrected chi connectivity index (χ0v) is 15.5. The van der Waals surface area contributed by atoms with Crippen LogP contribution in [0.2, 0.25) is 0 Å². The molecule has 0 radical (unpaired) electrons. The first-order valence-electron chi connectivity index (χ1n) is 8.93. The van der Waals surface area contributed by atoms with Crippen LogP contribution < -0.4 is 16.0 Å². The van der Waals surface area contributed by atoms with Crippen molar-refractivity contribution in [3.05, 3.63) is 0 Å². The van der Waals surface area contributed by atoms with E-state index in [0.717, 1.165) is 38.3 Å². The Morgan fingerprint density at radius 1 is 1.04 bits per heavy atom. The second-order valence-electron chi connectivity index (χ2n) is 6.77. The van der Waals surface area contributed by atoms with Gasteiger partial charge in [-0.3, -0.25) is 14.7 Å². The van der Waals surface area contributed by atoms with E-state index in [-0.39, 0.29) is 11.8 Å². The van der Waals surface area contributed by atoms with Crippen LogP contribution in [0.25, 0.3) is 0 Å². The van der Waals surface area contributed by atoms with E-state index in [0.29, 0.717) is 25.2 Å². The van der Waals surface area contributed by atoms with Gasteiger partial charge in [0.15, 0.2) is 5.96 Å². The maximum absolute atomic E-state index is 11.5. The third-order valence-electron chi connectivity index (χ3n) is 4.10. The van der Waals surface area contributed by atoms with Gasteiger partial charge in [0.25, 0.3) is 0 Å². The first kappa shape index (κ1) is 19.7. The Morgan fingerprint density at radius 2 is 1.61 bits per heavy atom. The fraction of sp³-hybridized carbons (Fsp3) is 0.882. The molecule has 1 amide bonds. The monoisotopic (exact) mass is 325 g/mol. The molecule has 0 heterocycles. The molecule has 23 heavy (non-hydrogen) atoms. The summed E-state index contributed by atoms with van der Waals surface area (Å²) in [6.07, 6.45) is 3.17. The van der Waals surface area contributed by atoms with E-state index in [2.05, 4.69) is 53.5 Å². The number of aliphatic imine (C=N–C) groups is 1. The molecule has 0 aliphatic heterocycles. The van der Waals surface area contributed by atoms with Gasteiger partial charge in [-0.05, 0) is 47.0 Å². The number of rotatable bonds is 10. The molecule has 0 aromatic heterocycles. The second-order valence-corrected chi connectivity index (χ2v) is 6.77. The number of amides is 1. The summed E-state index contributed by atoms with van der Waals surface area (Å²) in [5.41, 5.74) is 0. The van der Waals surface area contributed by atoms with E-state index in [4.69, 9.17) is 0 Å². The van der Waals surface area contributed by atoms with Crippen LogP contribution in [0, 0.1) is 5.92 Å². The topological polar surface area (TPSA) is 68.8 Å². The first-order chi connectivity index (χ1) is 11.0. The van der Waals surface area contributed by atoms with Gasteiger partial charge in [0.2, 0.25) is 5.91 Å². The summed E-state index contributed by atoms with van der Waals surface area (Å²) in [5, 5.41) is 9.49. The number of carbonyl (C=O) groups excluding carboxylic acids is 1. The number of nitrogens with one attached hydrogen (secondary N) is 3. The van der Waals surface area contributed by atoms with E-state index >= 15 is 0 Å². The third kappa shape index (κ3) is 8.21. The molecule has 0 bridgehead atoms. The van der Waals surface area contributed by atoms with E-state index in [1.807, 2.05) is 0 Å². The first-order valence-corrected chi connectivity index (χ1v) is 8.93. The number of hydrogen-bond donors (Lipinski definition) is 3. The Bertz CT molecular complexity index is 369.